The van der Waals surface area contributed by atoms with Crippen molar-refractivity contribution in [2.45, 2.75) is 30.8 Å². The van der Waals surface area contributed by atoms with E-state index in [0.29, 0.717) is 6.42 Å². The molecule has 0 radical (unpaired) electrons. The molecule has 2 rings (SSSR count). The quantitative estimate of drug-likeness (QED) is 0.633. The van der Waals surface area contributed by atoms with Crippen molar-refractivity contribution in [1.82, 2.24) is 4.67 Å². The zero-order valence-electron chi connectivity index (χ0n) is 12.1. The molecule has 1 aromatic rings. The summed E-state index contributed by atoms with van der Waals surface area (Å²) in [7, 11) is -1.11. The van der Waals surface area contributed by atoms with Gasteiger partial charge in [-0.25, -0.2) is 0 Å². The van der Waals surface area contributed by atoms with Gasteiger partial charge in [-0.2, -0.15) is 8.42 Å². The van der Waals surface area contributed by atoms with Gasteiger partial charge in [0.2, 0.25) is 0 Å². The molecule has 5 nitrogen and oxygen atoms in total. The minimum Gasteiger partial charge on any atom is -0.393 e. The van der Waals surface area contributed by atoms with E-state index in [4.69, 9.17) is 4.18 Å². The molecule has 118 valence electrons. The SMILES string of the molecule is Cc1ccc(S(=O)(=O)OCCC(O)C2CCN(P)C2)cc1. The normalized spacial score (nSPS) is 21.6. The number of aliphatic hydroxyl groups excluding tert-OH is 1. The van der Waals surface area contributed by atoms with Crippen LogP contribution in [-0.2, 0) is 14.3 Å². The van der Waals surface area contributed by atoms with Crippen LogP contribution in [0.4, 0.5) is 0 Å². The number of hydrogen-bond acceptors (Lipinski definition) is 5. The molecule has 1 heterocycles. The predicted molar refractivity (Wildman–Crippen MR) is 84.3 cm³/mol. The van der Waals surface area contributed by atoms with Crippen LogP contribution < -0.4 is 0 Å². The molecule has 1 fully saturated rings. The highest BCUT2D eigenvalue weighted by Gasteiger charge is 2.26. The first-order valence-corrected chi connectivity index (χ1v) is 8.95. The lowest BCUT2D eigenvalue weighted by atomic mass is 10.00. The third-order valence-electron chi connectivity index (χ3n) is 3.76. The van der Waals surface area contributed by atoms with Crippen molar-refractivity contribution in [3.05, 3.63) is 29.8 Å². The Hall–Kier alpha value is -0.520. The average molecular weight is 331 g/mol. The molecule has 1 N–H and O–H groups in total. The average Bonchev–Trinajstić information content (AvgIpc) is 2.86. The summed E-state index contributed by atoms with van der Waals surface area (Å²) >= 11 is 0. The van der Waals surface area contributed by atoms with E-state index in [-0.39, 0.29) is 17.4 Å². The van der Waals surface area contributed by atoms with E-state index >= 15 is 0 Å². The lowest BCUT2D eigenvalue weighted by Gasteiger charge is -2.17. The maximum absolute atomic E-state index is 12.0. The first-order valence-electron chi connectivity index (χ1n) is 7.02. The van der Waals surface area contributed by atoms with E-state index < -0.39 is 16.2 Å². The summed E-state index contributed by atoms with van der Waals surface area (Å²) in [5, 5.41) is 10.1. The van der Waals surface area contributed by atoms with Gasteiger partial charge in [0.15, 0.2) is 0 Å². The van der Waals surface area contributed by atoms with Gasteiger partial charge in [-0.3, -0.25) is 8.85 Å². The topological polar surface area (TPSA) is 66.8 Å². The van der Waals surface area contributed by atoms with Crippen LogP contribution in [0.15, 0.2) is 29.2 Å². The fourth-order valence-corrected chi connectivity index (χ4v) is 3.76. The Bertz CT molecular complexity index is 561. The van der Waals surface area contributed by atoms with Crippen molar-refractivity contribution < 1.29 is 17.7 Å². The number of nitrogens with zero attached hydrogens (tertiary/aromatic N) is 1. The van der Waals surface area contributed by atoms with Crippen LogP contribution in [-0.4, -0.2) is 44.0 Å². The van der Waals surface area contributed by atoms with E-state index in [1.54, 1.807) is 12.1 Å². The number of benzene rings is 1. The lowest BCUT2D eigenvalue weighted by Crippen LogP contribution is -2.24. The Labute approximate surface area is 128 Å². The summed E-state index contributed by atoms with van der Waals surface area (Å²) < 4.78 is 31.1. The van der Waals surface area contributed by atoms with Gasteiger partial charge in [-0.15, -0.1) is 0 Å². The molecule has 7 heteroatoms. The van der Waals surface area contributed by atoms with Crippen LogP contribution in [0.25, 0.3) is 0 Å². The highest BCUT2D eigenvalue weighted by molar-refractivity contribution is 7.86. The first kappa shape index (κ1) is 16.8. The molecule has 1 aromatic carbocycles. The molecule has 0 bridgehead atoms. The standard InChI is InChI=1S/C14H22NO4PS/c1-11-2-4-13(5-3-11)21(17,18)19-9-7-14(16)12-6-8-15(20)10-12/h2-5,12,14,16H,6-10,20H2,1H3. The van der Waals surface area contributed by atoms with Crippen molar-refractivity contribution in [3.63, 3.8) is 0 Å². The Morgan fingerprint density at radius 1 is 1.43 bits per heavy atom. The van der Waals surface area contributed by atoms with E-state index in [9.17, 15) is 13.5 Å². The fourth-order valence-electron chi connectivity index (χ4n) is 2.42. The van der Waals surface area contributed by atoms with Crippen LogP contribution in [0, 0.1) is 12.8 Å². The molecular formula is C14H22NO4PS. The van der Waals surface area contributed by atoms with Crippen LogP contribution >= 0.6 is 9.39 Å². The molecule has 0 amide bonds. The Kier molecular flexibility index (Phi) is 5.74. The minimum atomic E-state index is -3.73. The Morgan fingerprint density at radius 3 is 2.67 bits per heavy atom. The molecule has 21 heavy (non-hydrogen) atoms. The van der Waals surface area contributed by atoms with Crippen molar-refractivity contribution in [1.29, 1.82) is 0 Å². The summed E-state index contributed by atoms with van der Waals surface area (Å²) in [4.78, 5) is 0.152. The zero-order chi connectivity index (χ0) is 15.5. The summed E-state index contributed by atoms with van der Waals surface area (Å²) in [6.07, 6.45) is 0.729. The third kappa shape index (κ3) is 4.73. The van der Waals surface area contributed by atoms with Crippen LogP contribution in [0.5, 0.6) is 0 Å². The number of aryl methyl sites for hydroxylation is 1. The molecule has 3 atom stereocenters. The molecular weight excluding hydrogens is 309 g/mol. The molecule has 0 aromatic heterocycles. The molecule has 1 saturated heterocycles. The van der Waals surface area contributed by atoms with Crippen LogP contribution in [0.3, 0.4) is 0 Å². The van der Waals surface area contributed by atoms with Gasteiger partial charge in [0, 0.05) is 13.1 Å². The van der Waals surface area contributed by atoms with E-state index in [2.05, 4.69) is 14.1 Å². The molecule has 0 spiro atoms. The van der Waals surface area contributed by atoms with E-state index in [1.807, 2.05) is 6.92 Å². The maximum Gasteiger partial charge on any atom is 0.296 e. The van der Waals surface area contributed by atoms with Gasteiger partial charge in [-0.1, -0.05) is 27.1 Å². The highest BCUT2D eigenvalue weighted by atomic mass is 32.2. The first-order chi connectivity index (χ1) is 9.88. The molecule has 0 aliphatic carbocycles. The lowest BCUT2D eigenvalue weighted by molar-refractivity contribution is 0.0899. The van der Waals surface area contributed by atoms with Crippen molar-refractivity contribution in [2.75, 3.05) is 19.7 Å². The second kappa shape index (κ2) is 7.16. The van der Waals surface area contributed by atoms with Gasteiger partial charge in [0.05, 0.1) is 17.6 Å². The summed E-state index contributed by atoms with van der Waals surface area (Å²) in [5.74, 6) is 0.188. The number of aliphatic hydroxyl groups is 1. The van der Waals surface area contributed by atoms with E-state index in [1.165, 1.54) is 12.1 Å². The Morgan fingerprint density at radius 2 is 2.10 bits per heavy atom. The molecule has 3 unspecified atom stereocenters. The van der Waals surface area contributed by atoms with Crippen molar-refractivity contribution in [2.24, 2.45) is 5.92 Å². The largest absolute Gasteiger partial charge is 0.393 e. The zero-order valence-corrected chi connectivity index (χ0v) is 14.1. The van der Waals surface area contributed by atoms with Crippen molar-refractivity contribution >= 4 is 19.5 Å². The number of rotatable bonds is 6. The third-order valence-corrected chi connectivity index (χ3v) is 5.56. The second-order valence-corrected chi connectivity index (χ2v) is 7.83. The Balaban J connectivity index is 1.83. The molecule has 1 aliphatic rings. The summed E-state index contributed by atoms with van der Waals surface area (Å²) in [6, 6.07) is 6.53. The second-order valence-electron chi connectivity index (χ2n) is 5.49. The molecule has 0 saturated carbocycles. The van der Waals surface area contributed by atoms with Gasteiger partial charge in [0.1, 0.15) is 0 Å². The fraction of sp³-hybridized carbons (Fsp3) is 0.571. The smallest absolute Gasteiger partial charge is 0.296 e. The van der Waals surface area contributed by atoms with Crippen LogP contribution in [0.1, 0.15) is 18.4 Å². The monoisotopic (exact) mass is 331 g/mol. The van der Waals surface area contributed by atoms with Gasteiger partial charge < -0.3 is 5.11 Å². The summed E-state index contributed by atoms with van der Waals surface area (Å²) in [5.41, 5.74) is 0.993. The van der Waals surface area contributed by atoms with Crippen LogP contribution in [0.2, 0.25) is 0 Å². The van der Waals surface area contributed by atoms with E-state index in [0.717, 1.165) is 25.1 Å². The number of hydrogen-bond donors (Lipinski definition) is 1. The van der Waals surface area contributed by atoms with Crippen molar-refractivity contribution in [3.8, 4) is 0 Å². The van der Waals surface area contributed by atoms with Gasteiger partial charge in [-0.05, 0) is 37.8 Å². The summed E-state index contributed by atoms with van der Waals surface area (Å²) in [6.45, 7) is 3.65. The van der Waals surface area contributed by atoms with Gasteiger partial charge in [0.25, 0.3) is 10.1 Å². The molecule has 1 aliphatic heterocycles. The van der Waals surface area contributed by atoms with Gasteiger partial charge >= 0.3 is 0 Å². The minimum absolute atomic E-state index is 0.00470. The predicted octanol–water partition coefficient (Wildman–Crippen LogP) is 1.56. The highest BCUT2D eigenvalue weighted by Crippen LogP contribution is 2.24. The maximum atomic E-state index is 12.0.